The van der Waals surface area contributed by atoms with E-state index in [-0.39, 0.29) is 11.5 Å². The summed E-state index contributed by atoms with van der Waals surface area (Å²) in [5.74, 6) is -0.285. The Balaban J connectivity index is 2.76. The Labute approximate surface area is 125 Å². The summed E-state index contributed by atoms with van der Waals surface area (Å²) in [4.78, 5) is 15.5. The molecule has 0 unspecified atom stereocenters. The van der Waals surface area contributed by atoms with Crippen LogP contribution in [0, 0.1) is 0 Å². The standard InChI is InChI=1S/C17H22N2O2/c1-11(2)19-13-8-6-7-12(17(3,4)5)16(13)18-14(19)9-10-15(20)21/h6-11H,1-5H3,(H,20,21)/b10-9+. The second kappa shape index (κ2) is 5.35. The van der Waals surface area contributed by atoms with E-state index in [0.717, 1.165) is 17.1 Å². The highest BCUT2D eigenvalue weighted by molar-refractivity contribution is 5.87. The highest BCUT2D eigenvalue weighted by Gasteiger charge is 2.21. The van der Waals surface area contributed by atoms with Gasteiger partial charge in [-0.3, -0.25) is 0 Å². The second-order valence-corrected chi connectivity index (χ2v) is 6.53. The average molecular weight is 286 g/mol. The van der Waals surface area contributed by atoms with Crippen LogP contribution in [0.25, 0.3) is 17.1 Å². The molecule has 1 heterocycles. The van der Waals surface area contributed by atoms with Gasteiger partial charge in [0.25, 0.3) is 0 Å². The Hall–Kier alpha value is -2.10. The number of imidazole rings is 1. The Morgan fingerprint density at radius 3 is 2.52 bits per heavy atom. The van der Waals surface area contributed by atoms with Crippen LogP contribution in [0.3, 0.4) is 0 Å². The Kier molecular flexibility index (Phi) is 3.90. The third-order valence-corrected chi connectivity index (χ3v) is 3.45. The van der Waals surface area contributed by atoms with Gasteiger partial charge in [-0.25, -0.2) is 9.78 Å². The van der Waals surface area contributed by atoms with Crippen LogP contribution in [0.15, 0.2) is 24.3 Å². The van der Waals surface area contributed by atoms with Crippen LogP contribution in [-0.4, -0.2) is 20.6 Å². The number of benzene rings is 1. The molecule has 21 heavy (non-hydrogen) atoms. The number of fused-ring (bicyclic) bond motifs is 1. The van der Waals surface area contributed by atoms with Crippen molar-refractivity contribution in [2.75, 3.05) is 0 Å². The monoisotopic (exact) mass is 286 g/mol. The fourth-order valence-electron chi connectivity index (χ4n) is 2.55. The van der Waals surface area contributed by atoms with Gasteiger partial charge in [0.15, 0.2) is 0 Å². The first-order valence-electron chi connectivity index (χ1n) is 7.14. The highest BCUT2D eigenvalue weighted by Crippen LogP contribution is 2.31. The third-order valence-electron chi connectivity index (χ3n) is 3.45. The van der Waals surface area contributed by atoms with E-state index in [1.807, 2.05) is 12.1 Å². The molecule has 0 atom stereocenters. The van der Waals surface area contributed by atoms with Gasteiger partial charge in [-0.15, -0.1) is 0 Å². The van der Waals surface area contributed by atoms with Crippen LogP contribution >= 0.6 is 0 Å². The molecule has 0 spiro atoms. The number of aliphatic carboxylic acids is 1. The Morgan fingerprint density at radius 1 is 1.33 bits per heavy atom. The molecule has 112 valence electrons. The summed E-state index contributed by atoms with van der Waals surface area (Å²) in [5.41, 5.74) is 3.15. The minimum Gasteiger partial charge on any atom is -0.478 e. The minimum atomic E-state index is -0.964. The zero-order valence-electron chi connectivity index (χ0n) is 13.2. The van der Waals surface area contributed by atoms with Crippen molar-refractivity contribution in [1.29, 1.82) is 0 Å². The van der Waals surface area contributed by atoms with Gasteiger partial charge in [0.05, 0.1) is 11.0 Å². The fourth-order valence-corrected chi connectivity index (χ4v) is 2.55. The lowest BCUT2D eigenvalue weighted by molar-refractivity contribution is -0.131. The fraction of sp³-hybridized carbons (Fsp3) is 0.412. The number of carbonyl (C=O) groups is 1. The van der Waals surface area contributed by atoms with Gasteiger partial charge >= 0.3 is 5.97 Å². The van der Waals surface area contributed by atoms with Crippen molar-refractivity contribution in [3.05, 3.63) is 35.7 Å². The maximum Gasteiger partial charge on any atom is 0.328 e. The van der Waals surface area contributed by atoms with Crippen LogP contribution in [0.4, 0.5) is 0 Å². The molecule has 4 nitrogen and oxygen atoms in total. The molecule has 0 aliphatic heterocycles. The second-order valence-electron chi connectivity index (χ2n) is 6.53. The molecular weight excluding hydrogens is 264 g/mol. The number of hydrogen-bond donors (Lipinski definition) is 1. The first kappa shape index (κ1) is 15.3. The maximum absolute atomic E-state index is 10.8. The quantitative estimate of drug-likeness (QED) is 0.867. The zero-order chi connectivity index (χ0) is 15.8. The average Bonchev–Trinajstić information content (AvgIpc) is 2.72. The summed E-state index contributed by atoms with van der Waals surface area (Å²) in [7, 11) is 0. The largest absolute Gasteiger partial charge is 0.478 e. The Bertz CT molecular complexity index is 703. The van der Waals surface area contributed by atoms with E-state index < -0.39 is 5.97 Å². The first-order chi connectivity index (χ1) is 9.71. The summed E-state index contributed by atoms with van der Waals surface area (Å²) in [6.45, 7) is 10.6. The Morgan fingerprint density at radius 2 is 2.00 bits per heavy atom. The van der Waals surface area contributed by atoms with Crippen molar-refractivity contribution in [3.8, 4) is 0 Å². The molecule has 0 aliphatic carbocycles. The molecule has 0 aliphatic rings. The van der Waals surface area contributed by atoms with Crippen molar-refractivity contribution in [1.82, 2.24) is 9.55 Å². The molecule has 0 saturated heterocycles. The number of carboxylic acid groups (broad SMARTS) is 1. The van der Waals surface area contributed by atoms with E-state index in [4.69, 9.17) is 5.11 Å². The molecular formula is C17H22N2O2. The van der Waals surface area contributed by atoms with Crippen LogP contribution < -0.4 is 0 Å². The van der Waals surface area contributed by atoms with E-state index >= 15 is 0 Å². The van der Waals surface area contributed by atoms with E-state index in [1.54, 1.807) is 6.08 Å². The van der Waals surface area contributed by atoms with E-state index in [0.29, 0.717) is 5.82 Å². The van der Waals surface area contributed by atoms with Gasteiger partial charge in [0.1, 0.15) is 5.82 Å². The topological polar surface area (TPSA) is 55.1 Å². The van der Waals surface area contributed by atoms with Gasteiger partial charge in [-0.1, -0.05) is 32.9 Å². The number of aromatic nitrogens is 2. The molecule has 2 aromatic rings. The van der Waals surface area contributed by atoms with Crippen molar-refractivity contribution >= 4 is 23.1 Å². The van der Waals surface area contributed by atoms with Crippen molar-refractivity contribution in [2.45, 2.75) is 46.1 Å². The summed E-state index contributed by atoms with van der Waals surface area (Å²) in [6.07, 6.45) is 2.70. The summed E-state index contributed by atoms with van der Waals surface area (Å²) >= 11 is 0. The normalized spacial score (nSPS) is 12.7. The predicted molar refractivity (Wildman–Crippen MR) is 85.5 cm³/mol. The lowest BCUT2D eigenvalue weighted by atomic mass is 9.86. The van der Waals surface area contributed by atoms with Gasteiger partial charge < -0.3 is 9.67 Å². The number of hydrogen-bond acceptors (Lipinski definition) is 2. The molecule has 0 bridgehead atoms. The van der Waals surface area contributed by atoms with Crippen LogP contribution in [0.5, 0.6) is 0 Å². The lowest BCUT2D eigenvalue weighted by Crippen LogP contribution is -2.11. The minimum absolute atomic E-state index is 0.0105. The third kappa shape index (κ3) is 2.99. The van der Waals surface area contributed by atoms with Crippen LogP contribution in [-0.2, 0) is 10.2 Å². The molecule has 0 amide bonds. The molecule has 4 heteroatoms. The van der Waals surface area contributed by atoms with E-state index in [2.05, 4.69) is 50.2 Å². The van der Waals surface area contributed by atoms with Crippen molar-refractivity contribution in [3.63, 3.8) is 0 Å². The van der Waals surface area contributed by atoms with Crippen molar-refractivity contribution in [2.24, 2.45) is 0 Å². The first-order valence-corrected chi connectivity index (χ1v) is 7.14. The molecule has 0 saturated carbocycles. The maximum atomic E-state index is 10.8. The van der Waals surface area contributed by atoms with E-state index in [9.17, 15) is 4.79 Å². The van der Waals surface area contributed by atoms with Gasteiger partial charge in [0.2, 0.25) is 0 Å². The van der Waals surface area contributed by atoms with E-state index in [1.165, 1.54) is 5.56 Å². The lowest BCUT2D eigenvalue weighted by Gasteiger charge is -2.19. The molecule has 2 rings (SSSR count). The smallest absolute Gasteiger partial charge is 0.328 e. The van der Waals surface area contributed by atoms with Crippen LogP contribution in [0.1, 0.15) is 52.0 Å². The van der Waals surface area contributed by atoms with Crippen molar-refractivity contribution < 1.29 is 9.90 Å². The van der Waals surface area contributed by atoms with Gasteiger partial charge in [-0.2, -0.15) is 0 Å². The highest BCUT2D eigenvalue weighted by atomic mass is 16.4. The number of carboxylic acids is 1. The van der Waals surface area contributed by atoms with Gasteiger partial charge in [-0.05, 0) is 37.0 Å². The molecule has 0 fully saturated rings. The summed E-state index contributed by atoms with van der Waals surface area (Å²) in [6, 6.07) is 6.37. The molecule has 1 aromatic heterocycles. The zero-order valence-corrected chi connectivity index (χ0v) is 13.2. The number of rotatable bonds is 3. The van der Waals surface area contributed by atoms with Gasteiger partial charge in [0, 0.05) is 12.1 Å². The molecule has 1 aromatic carbocycles. The SMILES string of the molecule is CC(C)n1c(/C=C/C(=O)O)nc2c(C(C)(C)C)cccc21. The number of para-hydroxylation sites is 1. The molecule has 1 N–H and O–H groups in total. The number of nitrogens with zero attached hydrogens (tertiary/aromatic N) is 2. The molecule has 0 radical (unpaired) electrons. The summed E-state index contributed by atoms with van der Waals surface area (Å²) in [5, 5.41) is 8.84. The predicted octanol–water partition coefficient (Wildman–Crippen LogP) is 4.01. The van der Waals surface area contributed by atoms with Crippen LogP contribution in [0.2, 0.25) is 0 Å². The summed E-state index contributed by atoms with van der Waals surface area (Å²) < 4.78 is 2.07.